The monoisotopic (exact) mass is 299 g/mol. The van der Waals surface area contributed by atoms with Crippen molar-refractivity contribution < 1.29 is 4.79 Å². The first-order valence-electron chi connectivity index (χ1n) is 6.40. The Bertz CT molecular complexity index is 706. The molecule has 6 nitrogen and oxygen atoms in total. The number of aromatic nitrogens is 4. The number of hydrogen-bond acceptors (Lipinski definition) is 5. The third-order valence-corrected chi connectivity index (χ3v) is 3.68. The van der Waals surface area contributed by atoms with E-state index in [4.69, 9.17) is 0 Å². The molecule has 2 aromatic heterocycles. The number of rotatable bonds is 4. The second-order valence-corrected chi connectivity index (χ2v) is 5.23. The van der Waals surface area contributed by atoms with Crippen LogP contribution in [0.3, 0.4) is 0 Å². The van der Waals surface area contributed by atoms with Gasteiger partial charge in [-0.15, -0.1) is 16.4 Å². The van der Waals surface area contributed by atoms with Gasteiger partial charge in [0.25, 0.3) is 5.91 Å². The van der Waals surface area contributed by atoms with Gasteiger partial charge in [-0.1, -0.05) is 17.3 Å². The highest BCUT2D eigenvalue weighted by molar-refractivity contribution is 7.07. The van der Waals surface area contributed by atoms with Crippen LogP contribution in [-0.4, -0.2) is 25.9 Å². The number of nitrogens with one attached hydrogen (secondary N) is 1. The number of nitrogens with zero attached hydrogens (tertiary/aromatic N) is 4. The van der Waals surface area contributed by atoms with Crippen molar-refractivity contribution >= 4 is 17.2 Å². The zero-order valence-electron chi connectivity index (χ0n) is 11.3. The van der Waals surface area contributed by atoms with Crippen LogP contribution in [-0.2, 0) is 0 Å². The molecule has 0 bridgehead atoms. The normalized spacial score (nSPS) is 12.0. The lowest BCUT2D eigenvalue weighted by Crippen LogP contribution is -2.26. The number of carbonyl (C=O) groups excluding carboxylic acids is 1. The maximum absolute atomic E-state index is 12.0. The molecule has 1 aromatic carbocycles. The fourth-order valence-electron chi connectivity index (χ4n) is 1.94. The van der Waals surface area contributed by atoms with Crippen molar-refractivity contribution in [1.29, 1.82) is 0 Å². The van der Waals surface area contributed by atoms with Gasteiger partial charge in [-0.3, -0.25) is 4.79 Å². The minimum absolute atomic E-state index is 0.0935. The van der Waals surface area contributed by atoms with Gasteiger partial charge in [-0.05, 0) is 24.6 Å². The van der Waals surface area contributed by atoms with Crippen molar-refractivity contribution in [2.24, 2.45) is 0 Å². The van der Waals surface area contributed by atoms with Gasteiger partial charge >= 0.3 is 0 Å². The second kappa shape index (κ2) is 5.84. The zero-order valence-corrected chi connectivity index (χ0v) is 12.1. The van der Waals surface area contributed by atoms with Crippen LogP contribution in [0.2, 0.25) is 0 Å². The molecule has 1 amide bonds. The number of hydrogen-bond donors (Lipinski definition) is 1. The molecule has 0 saturated heterocycles. The Morgan fingerprint density at radius 2 is 2.14 bits per heavy atom. The number of thiazole rings is 1. The second-order valence-electron chi connectivity index (χ2n) is 4.51. The molecule has 3 rings (SSSR count). The lowest BCUT2D eigenvalue weighted by Gasteiger charge is -2.14. The van der Waals surface area contributed by atoms with E-state index in [1.54, 1.807) is 28.0 Å². The third-order valence-electron chi connectivity index (χ3n) is 3.09. The van der Waals surface area contributed by atoms with Gasteiger partial charge in [0.2, 0.25) is 0 Å². The topological polar surface area (TPSA) is 72.7 Å². The summed E-state index contributed by atoms with van der Waals surface area (Å²) < 4.78 is 1.68. The van der Waals surface area contributed by atoms with E-state index in [0.29, 0.717) is 5.69 Å². The molecule has 0 aliphatic heterocycles. The van der Waals surface area contributed by atoms with Crippen LogP contribution in [0, 0.1) is 0 Å². The van der Waals surface area contributed by atoms with E-state index in [9.17, 15) is 4.79 Å². The molecule has 1 N–H and O–H groups in total. The van der Waals surface area contributed by atoms with Crippen molar-refractivity contribution in [3.8, 4) is 5.69 Å². The molecule has 0 radical (unpaired) electrons. The van der Waals surface area contributed by atoms with Gasteiger partial charge in [0, 0.05) is 5.38 Å². The minimum atomic E-state index is -0.163. The molecule has 0 fully saturated rings. The van der Waals surface area contributed by atoms with Gasteiger partial charge in [-0.25, -0.2) is 9.67 Å². The Labute approximate surface area is 125 Å². The van der Waals surface area contributed by atoms with Crippen LogP contribution in [0.4, 0.5) is 0 Å². The standard InChI is InChI=1S/C14H13N5OS/c1-10(17-14(20)13-8-21-9-15-13)11-2-4-12(5-3-11)19-7-6-16-18-19/h2-10H,1H3,(H,17,20)/t10-/m0/s1. The van der Waals surface area contributed by atoms with Crippen molar-refractivity contribution in [3.63, 3.8) is 0 Å². The van der Waals surface area contributed by atoms with E-state index in [0.717, 1.165) is 11.3 Å². The van der Waals surface area contributed by atoms with E-state index >= 15 is 0 Å². The van der Waals surface area contributed by atoms with E-state index in [2.05, 4.69) is 20.6 Å². The van der Waals surface area contributed by atoms with Crippen LogP contribution in [0.15, 0.2) is 47.5 Å². The molecule has 0 spiro atoms. The van der Waals surface area contributed by atoms with E-state index in [-0.39, 0.29) is 11.9 Å². The quantitative estimate of drug-likeness (QED) is 0.801. The van der Waals surface area contributed by atoms with Crippen molar-refractivity contribution in [1.82, 2.24) is 25.3 Å². The summed E-state index contributed by atoms with van der Waals surface area (Å²) in [6.45, 7) is 1.94. The maximum Gasteiger partial charge on any atom is 0.271 e. The molecule has 3 aromatic rings. The summed E-state index contributed by atoms with van der Waals surface area (Å²) >= 11 is 1.40. The van der Waals surface area contributed by atoms with Gasteiger partial charge in [0.1, 0.15) is 5.69 Å². The number of carbonyl (C=O) groups is 1. The largest absolute Gasteiger partial charge is 0.344 e. The van der Waals surface area contributed by atoms with Crippen LogP contribution >= 0.6 is 11.3 Å². The van der Waals surface area contributed by atoms with Gasteiger partial charge in [-0.2, -0.15) is 0 Å². The van der Waals surface area contributed by atoms with E-state index in [1.807, 2.05) is 31.2 Å². The Kier molecular flexibility index (Phi) is 3.74. The summed E-state index contributed by atoms with van der Waals surface area (Å²) in [6.07, 6.45) is 3.41. The zero-order chi connectivity index (χ0) is 14.7. The molecular formula is C14H13N5OS. The average molecular weight is 299 g/mol. The lowest BCUT2D eigenvalue weighted by molar-refractivity contribution is 0.0935. The van der Waals surface area contributed by atoms with Crippen molar-refractivity contribution in [2.75, 3.05) is 0 Å². The van der Waals surface area contributed by atoms with Gasteiger partial charge in [0.05, 0.1) is 29.6 Å². The predicted octanol–water partition coefficient (Wildman–Crippen LogP) is 2.21. The summed E-state index contributed by atoms with van der Waals surface area (Å²) in [5.74, 6) is -0.163. The van der Waals surface area contributed by atoms with E-state index in [1.165, 1.54) is 11.3 Å². The molecule has 1 atom stereocenters. The summed E-state index contributed by atoms with van der Waals surface area (Å²) in [6, 6.07) is 7.71. The fraction of sp³-hybridized carbons (Fsp3) is 0.143. The molecule has 7 heteroatoms. The van der Waals surface area contributed by atoms with Crippen LogP contribution in [0.5, 0.6) is 0 Å². The predicted molar refractivity (Wildman–Crippen MR) is 79.4 cm³/mol. The lowest BCUT2D eigenvalue weighted by atomic mass is 10.1. The van der Waals surface area contributed by atoms with Gasteiger partial charge < -0.3 is 5.32 Å². The fourth-order valence-corrected chi connectivity index (χ4v) is 2.47. The SMILES string of the molecule is C[C@H](NC(=O)c1cscn1)c1ccc(-n2ccnn2)cc1. The molecular weight excluding hydrogens is 286 g/mol. The van der Waals surface area contributed by atoms with Crippen molar-refractivity contribution in [3.05, 3.63) is 58.8 Å². The first-order chi connectivity index (χ1) is 10.2. The molecule has 0 aliphatic rings. The maximum atomic E-state index is 12.0. The molecule has 21 heavy (non-hydrogen) atoms. The van der Waals surface area contributed by atoms with Crippen LogP contribution in [0.25, 0.3) is 5.69 Å². The average Bonchev–Trinajstić information content (AvgIpc) is 3.20. The third kappa shape index (κ3) is 2.97. The summed E-state index contributed by atoms with van der Waals surface area (Å²) in [5, 5.41) is 12.4. The minimum Gasteiger partial charge on any atom is -0.344 e. The molecule has 0 saturated carbocycles. The van der Waals surface area contributed by atoms with Crippen molar-refractivity contribution in [2.45, 2.75) is 13.0 Å². The summed E-state index contributed by atoms with van der Waals surface area (Å²) in [5.41, 5.74) is 4.04. The molecule has 106 valence electrons. The Morgan fingerprint density at radius 3 is 2.76 bits per heavy atom. The first kappa shape index (κ1) is 13.4. The molecule has 0 aliphatic carbocycles. The Morgan fingerprint density at radius 1 is 1.33 bits per heavy atom. The van der Waals surface area contributed by atoms with E-state index < -0.39 is 0 Å². The Hall–Kier alpha value is -2.54. The molecule has 0 unspecified atom stereocenters. The van der Waals surface area contributed by atoms with Gasteiger partial charge in [0.15, 0.2) is 0 Å². The summed E-state index contributed by atoms with van der Waals surface area (Å²) in [7, 11) is 0. The Balaban J connectivity index is 1.70. The molecule has 2 heterocycles. The van der Waals surface area contributed by atoms with Crippen LogP contribution in [0.1, 0.15) is 29.0 Å². The number of amides is 1. The smallest absolute Gasteiger partial charge is 0.271 e. The highest BCUT2D eigenvalue weighted by Crippen LogP contribution is 2.16. The first-order valence-corrected chi connectivity index (χ1v) is 7.34. The van der Waals surface area contributed by atoms with Crippen LogP contribution < -0.4 is 5.32 Å². The number of benzene rings is 1. The highest BCUT2D eigenvalue weighted by atomic mass is 32.1. The summed E-state index contributed by atoms with van der Waals surface area (Å²) in [4.78, 5) is 16.0. The highest BCUT2D eigenvalue weighted by Gasteiger charge is 2.12.